The largest absolute Gasteiger partial charge is 0.410 e. The third-order valence-corrected chi connectivity index (χ3v) is 4.74. The first-order chi connectivity index (χ1) is 7.68. The Labute approximate surface area is 96.3 Å². The zero-order valence-electron chi connectivity index (χ0n) is 8.66. The summed E-state index contributed by atoms with van der Waals surface area (Å²) in [5, 5.41) is 0. The normalized spacial score (nSPS) is 27.5. The second-order valence-electron chi connectivity index (χ2n) is 4.03. The predicted octanol–water partition coefficient (Wildman–Crippen LogP) is 1.58. The smallest absolute Gasteiger partial charge is 0.314 e. The van der Waals surface area contributed by atoms with Crippen molar-refractivity contribution in [2.45, 2.75) is 23.0 Å². The van der Waals surface area contributed by atoms with E-state index in [0.717, 1.165) is 12.1 Å². The summed E-state index contributed by atoms with van der Waals surface area (Å²) < 4.78 is 62.1. The number of alkyl halides is 3. The van der Waals surface area contributed by atoms with E-state index in [1.807, 2.05) is 0 Å². The summed E-state index contributed by atoms with van der Waals surface area (Å²) in [7, 11) is -3.65. The van der Waals surface area contributed by atoms with Gasteiger partial charge in [-0.15, -0.1) is 0 Å². The van der Waals surface area contributed by atoms with Gasteiger partial charge in [-0.1, -0.05) is 18.2 Å². The highest BCUT2D eigenvalue weighted by molar-refractivity contribution is 7.91. The molecule has 0 fully saturated rings. The molecule has 2 N–H and O–H groups in total. The molecule has 0 aliphatic carbocycles. The van der Waals surface area contributed by atoms with E-state index in [0.29, 0.717) is 0 Å². The number of nitrogens with two attached hydrogens (primary N) is 1. The van der Waals surface area contributed by atoms with E-state index in [2.05, 4.69) is 0 Å². The average molecular weight is 265 g/mol. The molecule has 1 atom stereocenters. The van der Waals surface area contributed by atoms with Gasteiger partial charge in [0, 0.05) is 0 Å². The number of sulfone groups is 1. The van der Waals surface area contributed by atoms with Crippen LogP contribution >= 0.6 is 0 Å². The summed E-state index contributed by atoms with van der Waals surface area (Å²) in [6, 6.07) is 5.03. The fourth-order valence-electron chi connectivity index (χ4n) is 1.94. The van der Waals surface area contributed by atoms with Crippen molar-refractivity contribution in [2.75, 3.05) is 5.75 Å². The van der Waals surface area contributed by atoms with Gasteiger partial charge in [0.15, 0.2) is 9.84 Å². The summed E-state index contributed by atoms with van der Waals surface area (Å²) in [4.78, 5) is -0.314. The van der Waals surface area contributed by atoms with E-state index in [1.54, 1.807) is 0 Å². The minimum Gasteiger partial charge on any atom is -0.314 e. The minimum atomic E-state index is -4.67. The average Bonchev–Trinajstić information content (AvgIpc) is 2.23. The lowest BCUT2D eigenvalue weighted by Gasteiger charge is -2.36. The van der Waals surface area contributed by atoms with Crippen LogP contribution in [0.25, 0.3) is 0 Å². The van der Waals surface area contributed by atoms with Gasteiger partial charge in [0.2, 0.25) is 0 Å². The Morgan fingerprint density at radius 3 is 2.41 bits per heavy atom. The summed E-state index contributed by atoms with van der Waals surface area (Å²) in [6.45, 7) is 0. The second-order valence-corrected chi connectivity index (χ2v) is 6.11. The van der Waals surface area contributed by atoms with Crippen molar-refractivity contribution >= 4 is 9.84 Å². The molecule has 0 saturated heterocycles. The van der Waals surface area contributed by atoms with Gasteiger partial charge in [0.1, 0.15) is 5.54 Å². The van der Waals surface area contributed by atoms with E-state index in [1.165, 1.54) is 12.1 Å². The van der Waals surface area contributed by atoms with Crippen LogP contribution in [-0.4, -0.2) is 20.3 Å². The fraction of sp³-hybridized carbons (Fsp3) is 0.400. The molecule has 1 aromatic carbocycles. The molecule has 1 aliphatic rings. The second kappa shape index (κ2) is 3.46. The van der Waals surface area contributed by atoms with Gasteiger partial charge >= 0.3 is 6.18 Å². The lowest BCUT2D eigenvalue weighted by Crippen LogP contribution is -2.54. The third-order valence-electron chi connectivity index (χ3n) is 2.97. The van der Waals surface area contributed by atoms with E-state index >= 15 is 0 Å². The lowest BCUT2D eigenvalue weighted by molar-refractivity contribution is -0.191. The van der Waals surface area contributed by atoms with Crippen molar-refractivity contribution in [2.24, 2.45) is 5.73 Å². The lowest BCUT2D eigenvalue weighted by atomic mass is 9.87. The summed E-state index contributed by atoms with van der Waals surface area (Å²) in [5.74, 6) is -0.583. The number of halogens is 3. The minimum absolute atomic E-state index is 0.314. The highest BCUT2D eigenvalue weighted by atomic mass is 32.2. The molecule has 1 unspecified atom stereocenters. The Hall–Kier alpha value is -1.08. The van der Waals surface area contributed by atoms with Crippen LogP contribution < -0.4 is 5.73 Å². The van der Waals surface area contributed by atoms with Gasteiger partial charge in [-0.05, 0) is 18.1 Å². The Morgan fingerprint density at radius 1 is 1.24 bits per heavy atom. The standard InChI is InChI=1S/C10H10F3NO2S/c11-10(12,13)9(14)5-6-17(15,16)8-4-2-1-3-7(8)9/h1-4H,5-6,14H2. The molecule has 17 heavy (non-hydrogen) atoms. The SMILES string of the molecule is NC1(C(F)(F)F)CCS(=O)(=O)c2ccccc21. The molecule has 0 radical (unpaired) electrons. The van der Waals surface area contributed by atoms with Crippen LogP contribution in [0.3, 0.4) is 0 Å². The number of fused-ring (bicyclic) bond motifs is 1. The summed E-state index contributed by atoms with van der Waals surface area (Å²) in [5.41, 5.74) is 2.44. The predicted molar refractivity (Wildman–Crippen MR) is 55.0 cm³/mol. The molecular formula is C10H10F3NO2S. The highest BCUT2D eigenvalue weighted by Crippen LogP contribution is 2.45. The van der Waals surface area contributed by atoms with Crippen LogP contribution in [0.5, 0.6) is 0 Å². The Morgan fingerprint density at radius 2 is 1.82 bits per heavy atom. The van der Waals surface area contributed by atoms with Gasteiger partial charge in [0.25, 0.3) is 0 Å². The Balaban J connectivity index is 2.73. The first kappa shape index (κ1) is 12.4. The maximum Gasteiger partial charge on any atom is 0.410 e. The van der Waals surface area contributed by atoms with Crippen molar-refractivity contribution in [3.05, 3.63) is 29.8 Å². The third kappa shape index (κ3) is 1.73. The number of hydrogen-bond donors (Lipinski definition) is 1. The van der Waals surface area contributed by atoms with Crippen LogP contribution in [0.2, 0.25) is 0 Å². The van der Waals surface area contributed by atoms with Crippen LogP contribution in [0.1, 0.15) is 12.0 Å². The van der Waals surface area contributed by atoms with Gasteiger partial charge in [-0.2, -0.15) is 13.2 Å². The van der Waals surface area contributed by atoms with Gasteiger partial charge in [-0.25, -0.2) is 8.42 Å². The Kier molecular flexibility index (Phi) is 2.52. The van der Waals surface area contributed by atoms with Crippen LogP contribution in [-0.2, 0) is 15.4 Å². The van der Waals surface area contributed by atoms with Crippen LogP contribution in [0, 0.1) is 0 Å². The number of rotatable bonds is 0. The monoisotopic (exact) mass is 265 g/mol. The van der Waals surface area contributed by atoms with Gasteiger partial charge in [0.05, 0.1) is 10.6 Å². The summed E-state index contributed by atoms with van der Waals surface area (Å²) in [6.07, 6.45) is -5.31. The van der Waals surface area contributed by atoms with Gasteiger partial charge in [-0.3, -0.25) is 0 Å². The topological polar surface area (TPSA) is 60.2 Å². The maximum absolute atomic E-state index is 12.9. The molecule has 94 valence electrons. The molecule has 0 bridgehead atoms. The molecule has 7 heteroatoms. The first-order valence-corrected chi connectivity index (χ1v) is 6.51. The summed E-state index contributed by atoms with van der Waals surface area (Å²) >= 11 is 0. The van der Waals surface area contributed by atoms with Crippen molar-refractivity contribution in [3.63, 3.8) is 0 Å². The van der Waals surface area contributed by atoms with E-state index in [9.17, 15) is 21.6 Å². The highest BCUT2D eigenvalue weighted by Gasteiger charge is 2.56. The van der Waals surface area contributed by atoms with Crippen LogP contribution in [0.4, 0.5) is 13.2 Å². The molecule has 0 saturated carbocycles. The van der Waals surface area contributed by atoms with Gasteiger partial charge < -0.3 is 5.73 Å². The van der Waals surface area contributed by atoms with Crippen molar-refractivity contribution in [1.29, 1.82) is 0 Å². The molecule has 1 aliphatic heterocycles. The first-order valence-electron chi connectivity index (χ1n) is 4.86. The molecule has 0 aromatic heterocycles. The van der Waals surface area contributed by atoms with Crippen molar-refractivity contribution in [3.8, 4) is 0 Å². The van der Waals surface area contributed by atoms with Crippen molar-refractivity contribution < 1.29 is 21.6 Å². The van der Waals surface area contributed by atoms with E-state index in [4.69, 9.17) is 5.73 Å². The molecular weight excluding hydrogens is 255 g/mol. The zero-order valence-corrected chi connectivity index (χ0v) is 9.48. The molecule has 0 spiro atoms. The zero-order chi connectivity index (χ0) is 12.9. The fourth-order valence-corrected chi connectivity index (χ4v) is 3.62. The van der Waals surface area contributed by atoms with E-state index in [-0.39, 0.29) is 10.5 Å². The number of benzene rings is 1. The Bertz CT molecular complexity index is 553. The molecule has 1 heterocycles. The number of hydrogen-bond acceptors (Lipinski definition) is 3. The quantitative estimate of drug-likeness (QED) is 0.774. The molecule has 0 amide bonds. The molecule has 2 rings (SSSR count). The maximum atomic E-state index is 12.9. The molecule has 3 nitrogen and oxygen atoms in total. The van der Waals surface area contributed by atoms with E-state index < -0.39 is 33.7 Å². The van der Waals surface area contributed by atoms with Crippen LogP contribution in [0.15, 0.2) is 29.2 Å². The molecule has 1 aromatic rings. The van der Waals surface area contributed by atoms with Crippen molar-refractivity contribution in [1.82, 2.24) is 0 Å².